The molecule has 0 atom stereocenters. The minimum atomic E-state index is -0.0505. The summed E-state index contributed by atoms with van der Waals surface area (Å²) in [4.78, 5) is 0. The van der Waals surface area contributed by atoms with Gasteiger partial charge in [-0.3, -0.25) is 0 Å². The summed E-state index contributed by atoms with van der Waals surface area (Å²) in [5.74, 6) is 0.840. The lowest BCUT2D eigenvalue weighted by Gasteiger charge is -2.44. The van der Waals surface area contributed by atoms with Crippen molar-refractivity contribution in [3.63, 3.8) is 0 Å². The highest BCUT2D eigenvalue weighted by atomic mass is 16.3. The zero-order valence-corrected chi connectivity index (χ0v) is 10.5. The highest BCUT2D eigenvalue weighted by Crippen LogP contribution is 2.46. The summed E-state index contributed by atoms with van der Waals surface area (Å²) in [6, 6.07) is 0. The van der Waals surface area contributed by atoms with Crippen LogP contribution >= 0.6 is 0 Å². The van der Waals surface area contributed by atoms with Crippen LogP contribution in [0.3, 0.4) is 0 Å². The normalized spacial score (nSPS) is 38.2. The lowest BCUT2D eigenvalue weighted by atomic mass is 9.63. The van der Waals surface area contributed by atoms with Gasteiger partial charge in [0.15, 0.2) is 0 Å². The zero-order chi connectivity index (χ0) is 11.4. The third-order valence-corrected chi connectivity index (χ3v) is 5.08. The van der Waals surface area contributed by atoms with Crippen LogP contribution in [0.25, 0.3) is 0 Å². The average Bonchev–Trinajstić information content (AvgIpc) is 2.60. The molecule has 0 spiro atoms. The molecule has 2 nitrogen and oxygen atoms in total. The van der Waals surface area contributed by atoms with Crippen LogP contribution in [0.1, 0.15) is 64.2 Å². The third kappa shape index (κ3) is 2.60. The summed E-state index contributed by atoms with van der Waals surface area (Å²) in [7, 11) is 0. The fourth-order valence-electron chi connectivity index (χ4n) is 3.85. The lowest BCUT2D eigenvalue weighted by molar-refractivity contribution is 0.0246. The zero-order valence-electron chi connectivity index (χ0n) is 10.5. The van der Waals surface area contributed by atoms with Crippen molar-refractivity contribution >= 4 is 0 Å². The van der Waals surface area contributed by atoms with Gasteiger partial charge in [0.2, 0.25) is 0 Å². The van der Waals surface area contributed by atoms with Gasteiger partial charge in [0.25, 0.3) is 0 Å². The van der Waals surface area contributed by atoms with Crippen molar-refractivity contribution in [2.24, 2.45) is 17.1 Å². The van der Waals surface area contributed by atoms with Crippen molar-refractivity contribution in [3.05, 3.63) is 0 Å². The summed E-state index contributed by atoms with van der Waals surface area (Å²) in [5, 5.41) is 9.65. The predicted octanol–water partition coefficient (Wildman–Crippen LogP) is 2.84. The van der Waals surface area contributed by atoms with Gasteiger partial charge in [-0.25, -0.2) is 0 Å². The molecule has 0 radical (unpaired) electrons. The molecule has 0 saturated heterocycles. The first-order valence-corrected chi connectivity index (χ1v) is 7.15. The van der Waals surface area contributed by atoms with Gasteiger partial charge in [0, 0.05) is 0 Å². The molecule has 0 aliphatic heterocycles. The highest BCUT2D eigenvalue weighted by molar-refractivity contribution is 4.92. The molecule has 2 aliphatic carbocycles. The van der Waals surface area contributed by atoms with E-state index in [1.807, 2.05) is 0 Å². The van der Waals surface area contributed by atoms with Gasteiger partial charge in [0.05, 0.1) is 6.10 Å². The number of rotatable bonds is 2. The Bertz CT molecular complexity index is 201. The smallest absolute Gasteiger partial charge is 0.0540 e. The Morgan fingerprint density at radius 3 is 2.00 bits per heavy atom. The topological polar surface area (TPSA) is 46.2 Å². The molecule has 0 heterocycles. The second-order valence-electron chi connectivity index (χ2n) is 5.99. The molecule has 2 fully saturated rings. The first-order valence-electron chi connectivity index (χ1n) is 7.15. The predicted molar refractivity (Wildman–Crippen MR) is 67.2 cm³/mol. The fourth-order valence-corrected chi connectivity index (χ4v) is 3.85. The van der Waals surface area contributed by atoms with Crippen molar-refractivity contribution in [1.82, 2.24) is 0 Å². The van der Waals surface area contributed by atoms with Gasteiger partial charge in [-0.2, -0.15) is 0 Å². The van der Waals surface area contributed by atoms with Crippen molar-refractivity contribution in [2.75, 3.05) is 6.54 Å². The minimum absolute atomic E-state index is 0.0505. The maximum atomic E-state index is 9.65. The molecule has 0 amide bonds. The highest BCUT2D eigenvalue weighted by Gasteiger charge is 2.40. The Morgan fingerprint density at radius 2 is 1.50 bits per heavy atom. The Labute approximate surface area is 99.6 Å². The minimum Gasteiger partial charge on any atom is -0.393 e. The molecule has 2 heteroatoms. The fraction of sp³-hybridized carbons (Fsp3) is 1.00. The average molecular weight is 225 g/mol. The Hall–Kier alpha value is -0.0800. The summed E-state index contributed by atoms with van der Waals surface area (Å²) < 4.78 is 0. The first-order chi connectivity index (χ1) is 7.77. The van der Waals surface area contributed by atoms with Gasteiger partial charge in [-0.15, -0.1) is 0 Å². The molecule has 0 unspecified atom stereocenters. The molecule has 2 aliphatic rings. The van der Waals surface area contributed by atoms with Crippen molar-refractivity contribution in [3.8, 4) is 0 Å². The summed E-state index contributed by atoms with van der Waals surface area (Å²) in [5.41, 5.74) is 6.46. The molecule has 0 aromatic rings. The first kappa shape index (κ1) is 12.4. The Morgan fingerprint density at radius 1 is 0.938 bits per heavy atom. The van der Waals surface area contributed by atoms with E-state index in [0.717, 1.165) is 38.1 Å². The van der Waals surface area contributed by atoms with E-state index in [9.17, 15) is 5.11 Å². The quantitative estimate of drug-likeness (QED) is 0.710. The number of hydrogen-bond acceptors (Lipinski definition) is 2. The van der Waals surface area contributed by atoms with E-state index in [2.05, 4.69) is 0 Å². The van der Waals surface area contributed by atoms with Crippen LogP contribution < -0.4 is 5.73 Å². The van der Waals surface area contributed by atoms with Crippen LogP contribution in [0.15, 0.2) is 0 Å². The molecule has 16 heavy (non-hydrogen) atoms. The van der Waals surface area contributed by atoms with Gasteiger partial charge < -0.3 is 10.8 Å². The largest absolute Gasteiger partial charge is 0.393 e. The van der Waals surface area contributed by atoms with Gasteiger partial charge in [-0.1, -0.05) is 25.7 Å². The molecular formula is C14H27NO. The van der Waals surface area contributed by atoms with E-state index in [1.165, 1.54) is 38.5 Å². The SMILES string of the molecule is NCC1(C2CCCCCC2)CCC(O)CC1. The van der Waals surface area contributed by atoms with Gasteiger partial charge in [-0.05, 0) is 56.4 Å². The van der Waals surface area contributed by atoms with Crippen LogP contribution in [0.4, 0.5) is 0 Å². The molecule has 0 bridgehead atoms. The number of aliphatic hydroxyl groups excluding tert-OH is 1. The molecular weight excluding hydrogens is 198 g/mol. The second kappa shape index (κ2) is 5.50. The Kier molecular flexibility index (Phi) is 4.26. The van der Waals surface area contributed by atoms with Crippen LogP contribution in [-0.4, -0.2) is 17.8 Å². The molecule has 0 aromatic carbocycles. The molecule has 2 saturated carbocycles. The van der Waals surface area contributed by atoms with Crippen LogP contribution in [0, 0.1) is 11.3 Å². The summed E-state index contributed by atoms with van der Waals surface area (Å²) in [6.45, 7) is 0.838. The summed E-state index contributed by atoms with van der Waals surface area (Å²) in [6.07, 6.45) is 12.6. The number of aliphatic hydroxyl groups is 1. The monoisotopic (exact) mass is 225 g/mol. The standard InChI is InChI=1S/C14H27NO/c15-11-14(9-7-13(16)8-10-14)12-5-3-1-2-4-6-12/h12-13,16H,1-11,15H2. The van der Waals surface area contributed by atoms with Gasteiger partial charge in [0.1, 0.15) is 0 Å². The van der Waals surface area contributed by atoms with Crippen LogP contribution in [0.2, 0.25) is 0 Å². The maximum absolute atomic E-state index is 9.65. The molecule has 94 valence electrons. The summed E-state index contributed by atoms with van der Waals surface area (Å²) >= 11 is 0. The van der Waals surface area contributed by atoms with E-state index in [4.69, 9.17) is 5.73 Å². The van der Waals surface area contributed by atoms with Crippen molar-refractivity contribution in [2.45, 2.75) is 70.3 Å². The van der Waals surface area contributed by atoms with Crippen LogP contribution in [-0.2, 0) is 0 Å². The maximum Gasteiger partial charge on any atom is 0.0540 e. The van der Waals surface area contributed by atoms with Crippen molar-refractivity contribution in [1.29, 1.82) is 0 Å². The van der Waals surface area contributed by atoms with E-state index in [-0.39, 0.29) is 6.10 Å². The molecule has 0 aromatic heterocycles. The third-order valence-electron chi connectivity index (χ3n) is 5.08. The van der Waals surface area contributed by atoms with E-state index < -0.39 is 0 Å². The second-order valence-corrected chi connectivity index (χ2v) is 5.99. The molecule has 2 rings (SSSR count). The van der Waals surface area contributed by atoms with Crippen molar-refractivity contribution < 1.29 is 5.11 Å². The number of nitrogens with two attached hydrogens (primary N) is 1. The lowest BCUT2D eigenvalue weighted by Crippen LogP contribution is -2.42. The van der Waals surface area contributed by atoms with E-state index in [0.29, 0.717) is 5.41 Å². The number of hydrogen-bond donors (Lipinski definition) is 2. The molecule has 3 N–H and O–H groups in total. The van der Waals surface area contributed by atoms with E-state index in [1.54, 1.807) is 0 Å². The van der Waals surface area contributed by atoms with Gasteiger partial charge >= 0.3 is 0 Å². The Balaban J connectivity index is 2.01. The van der Waals surface area contributed by atoms with Crippen LogP contribution in [0.5, 0.6) is 0 Å². The van der Waals surface area contributed by atoms with E-state index >= 15 is 0 Å².